The van der Waals surface area contributed by atoms with Crippen LogP contribution in [-0.4, -0.2) is 15.0 Å². The number of hydrogen-bond donors (Lipinski definition) is 0. The van der Waals surface area contributed by atoms with E-state index in [1.54, 1.807) is 4.80 Å². The first-order chi connectivity index (χ1) is 28.2. The topological polar surface area (TPSA) is 47.1 Å². The van der Waals surface area contributed by atoms with Crippen LogP contribution in [0.25, 0.3) is 92.9 Å². The SMILES string of the molecule is c1ccc(-n2nc3ccc4ccc5ccc(-c6ccc(N(c7ccc8ccccc8c7)c7ccc8c(c7)oc7ccccc78)c7ccccc67)cc5c4c3n2)cc1. The number of rotatable bonds is 5. The number of para-hydroxylation sites is 2. The number of aromatic nitrogens is 3. The molecule has 57 heavy (non-hydrogen) atoms. The zero-order valence-electron chi connectivity index (χ0n) is 30.7. The zero-order chi connectivity index (χ0) is 37.5. The van der Waals surface area contributed by atoms with Gasteiger partial charge in [-0.25, -0.2) is 0 Å². The van der Waals surface area contributed by atoms with Gasteiger partial charge in [-0.15, -0.1) is 10.2 Å². The molecule has 12 aromatic rings. The molecule has 5 heteroatoms. The summed E-state index contributed by atoms with van der Waals surface area (Å²) in [5.74, 6) is 0. The van der Waals surface area contributed by atoms with E-state index < -0.39 is 0 Å². The third-order valence-corrected chi connectivity index (χ3v) is 11.4. The normalized spacial score (nSPS) is 11.9. The fraction of sp³-hybridized carbons (Fsp3) is 0. The second kappa shape index (κ2) is 12.4. The molecule has 0 amide bonds. The van der Waals surface area contributed by atoms with Crippen molar-refractivity contribution in [3.63, 3.8) is 0 Å². The van der Waals surface area contributed by atoms with Crippen molar-refractivity contribution in [2.75, 3.05) is 4.90 Å². The van der Waals surface area contributed by atoms with Crippen LogP contribution in [0.1, 0.15) is 0 Å². The molecule has 5 nitrogen and oxygen atoms in total. The lowest BCUT2D eigenvalue weighted by Gasteiger charge is -2.28. The predicted octanol–water partition coefficient (Wildman–Crippen LogP) is 14.1. The lowest BCUT2D eigenvalue weighted by atomic mass is 9.93. The molecular weight excluding hydrogens is 697 g/mol. The van der Waals surface area contributed by atoms with Gasteiger partial charge in [0.15, 0.2) is 0 Å². The van der Waals surface area contributed by atoms with E-state index in [0.29, 0.717) is 0 Å². The van der Waals surface area contributed by atoms with Crippen LogP contribution in [0.2, 0.25) is 0 Å². The molecule has 10 aromatic carbocycles. The van der Waals surface area contributed by atoms with Gasteiger partial charge in [0.25, 0.3) is 0 Å². The zero-order valence-corrected chi connectivity index (χ0v) is 30.7. The Morgan fingerprint density at radius 2 is 1.11 bits per heavy atom. The fourth-order valence-corrected chi connectivity index (χ4v) is 8.69. The second-order valence-electron chi connectivity index (χ2n) is 14.7. The first-order valence-corrected chi connectivity index (χ1v) is 19.2. The van der Waals surface area contributed by atoms with Gasteiger partial charge in [-0.2, -0.15) is 4.80 Å². The van der Waals surface area contributed by atoms with Gasteiger partial charge < -0.3 is 9.32 Å². The van der Waals surface area contributed by atoms with E-state index in [0.717, 1.165) is 88.2 Å². The highest BCUT2D eigenvalue weighted by molar-refractivity contribution is 6.19. The Kier molecular flexibility index (Phi) is 6.86. The molecule has 2 aromatic heterocycles. The number of benzene rings is 10. The van der Waals surface area contributed by atoms with Gasteiger partial charge in [-0.05, 0) is 104 Å². The van der Waals surface area contributed by atoms with Crippen molar-refractivity contribution in [1.82, 2.24) is 15.0 Å². The number of anilines is 3. The third kappa shape index (κ3) is 5.03. The number of furan rings is 1. The Morgan fingerprint density at radius 3 is 2.02 bits per heavy atom. The van der Waals surface area contributed by atoms with Crippen molar-refractivity contribution in [3.05, 3.63) is 194 Å². The van der Waals surface area contributed by atoms with Crippen LogP contribution in [-0.2, 0) is 0 Å². The van der Waals surface area contributed by atoms with Gasteiger partial charge >= 0.3 is 0 Å². The van der Waals surface area contributed by atoms with E-state index >= 15 is 0 Å². The van der Waals surface area contributed by atoms with Crippen LogP contribution in [0.15, 0.2) is 199 Å². The monoisotopic (exact) mass is 728 g/mol. The maximum Gasteiger partial charge on any atom is 0.137 e. The molecule has 0 atom stereocenters. The highest BCUT2D eigenvalue weighted by atomic mass is 16.3. The molecule has 0 saturated carbocycles. The smallest absolute Gasteiger partial charge is 0.137 e. The van der Waals surface area contributed by atoms with Crippen LogP contribution < -0.4 is 4.90 Å². The molecule has 0 N–H and O–H groups in total. The van der Waals surface area contributed by atoms with E-state index in [-0.39, 0.29) is 0 Å². The van der Waals surface area contributed by atoms with Gasteiger partial charge in [0.05, 0.1) is 11.4 Å². The average molecular weight is 729 g/mol. The van der Waals surface area contributed by atoms with Crippen LogP contribution >= 0.6 is 0 Å². The van der Waals surface area contributed by atoms with Crippen LogP contribution in [0.4, 0.5) is 17.1 Å². The number of hydrogen-bond acceptors (Lipinski definition) is 4. The first-order valence-electron chi connectivity index (χ1n) is 19.2. The Bertz CT molecular complexity index is 3550. The van der Waals surface area contributed by atoms with Gasteiger partial charge in [0.2, 0.25) is 0 Å². The average Bonchev–Trinajstić information content (AvgIpc) is 3.88. The van der Waals surface area contributed by atoms with E-state index in [9.17, 15) is 0 Å². The quantitative estimate of drug-likeness (QED) is 0.166. The summed E-state index contributed by atoms with van der Waals surface area (Å²) < 4.78 is 6.43. The highest BCUT2D eigenvalue weighted by Gasteiger charge is 2.20. The molecule has 0 fully saturated rings. The summed E-state index contributed by atoms with van der Waals surface area (Å²) in [6.07, 6.45) is 0. The lowest BCUT2D eigenvalue weighted by molar-refractivity contribution is 0.669. The lowest BCUT2D eigenvalue weighted by Crippen LogP contribution is -2.10. The van der Waals surface area contributed by atoms with Crippen molar-refractivity contribution in [1.29, 1.82) is 0 Å². The summed E-state index contributed by atoms with van der Waals surface area (Å²) in [4.78, 5) is 4.11. The summed E-state index contributed by atoms with van der Waals surface area (Å²) in [6, 6.07) is 68.9. The Hall–Kier alpha value is -7.76. The predicted molar refractivity (Wildman–Crippen MR) is 236 cm³/mol. The molecular formula is C52H32N4O. The second-order valence-corrected chi connectivity index (χ2v) is 14.7. The molecule has 0 aliphatic carbocycles. The maximum absolute atomic E-state index is 6.43. The van der Waals surface area contributed by atoms with Crippen molar-refractivity contribution in [2.24, 2.45) is 0 Å². The van der Waals surface area contributed by atoms with E-state index in [4.69, 9.17) is 14.6 Å². The number of fused-ring (bicyclic) bond motifs is 10. The van der Waals surface area contributed by atoms with Crippen molar-refractivity contribution < 1.29 is 4.42 Å². The van der Waals surface area contributed by atoms with E-state index in [2.05, 4.69) is 157 Å². The minimum Gasteiger partial charge on any atom is -0.456 e. The van der Waals surface area contributed by atoms with Crippen molar-refractivity contribution in [3.8, 4) is 16.8 Å². The van der Waals surface area contributed by atoms with Crippen LogP contribution in [0.5, 0.6) is 0 Å². The molecule has 0 aliphatic heterocycles. The molecule has 0 unspecified atom stereocenters. The summed E-state index contributed by atoms with van der Waals surface area (Å²) >= 11 is 0. The van der Waals surface area contributed by atoms with Gasteiger partial charge in [0, 0.05) is 39.0 Å². The highest BCUT2D eigenvalue weighted by Crippen LogP contribution is 2.45. The number of nitrogens with zero attached hydrogens (tertiary/aromatic N) is 4. The Morgan fingerprint density at radius 1 is 0.421 bits per heavy atom. The van der Waals surface area contributed by atoms with Gasteiger partial charge in [-0.3, -0.25) is 0 Å². The first kappa shape index (κ1) is 31.6. The standard InChI is InChI=1S/C52H32N4O/c1-2-12-38(13-3-1)56-53-47-28-23-35-20-18-34-19-21-37(31-46(34)51(35)52(47)54-56)41-27-29-48(43-15-7-6-14-42(41)43)55(39-24-22-33-10-4-5-11-36(33)30-39)40-25-26-45-44-16-8-9-17-49(44)57-50(45)32-40/h1-32H. The maximum atomic E-state index is 6.43. The largest absolute Gasteiger partial charge is 0.456 e. The summed E-state index contributed by atoms with van der Waals surface area (Å²) in [6.45, 7) is 0. The molecule has 12 rings (SSSR count). The molecule has 0 radical (unpaired) electrons. The minimum atomic E-state index is 0.863. The Labute approximate surface area is 327 Å². The van der Waals surface area contributed by atoms with E-state index in [1.165, 1.54) is 21.7 Å². The Balaban J connectivity index is 1.06. The summed E-state index contributed by atoms with van der Waals surface area (Å²) in [5.41, 5.74) is 9.95. The molecule has 0 aliphatic rings. The molecule has 0 spiro atoms. The van der Waals surface area contributed by atoms with Crippen LogP contribution in [0, 0.1) is 0 Å². The van der Waals surface area contributed by atoms with Gasteiger partial charge in [-0.1, -0.05) is 127 Å². The van der Waals surface area contributed by atoms with E-state index in [1.807, 2.05) is 42.5 Å². The van der Waals surface area contributed by atoms with Crippen molar-refractivity contribution in [2.45, 2.75) is 0 Å². The minimum absolute atomic E-state index is 0.863. The third-order valence-electron chi connectivity index (χ3n) is 11.4. The summed E-state index contributed by atoms with van der Waals surface area (Å²) in [7, 11) is 0. The van der Waals surface area contributed by atoms with Crippen LogP contribution in [0.3, 0.4) is 0 Å². The molecule has 0 bridgehead atoms. The van der Waals surface area contributed by atoms with Crippen molar-refractivity contribution >= 4 is 93.1 Å². The molecule has 266 valence electrons. The summed E-state index contributed by atoms with van der Waals surface area (Å²) in [5, 5.41) is 21.4. The molecule has 0 saturated heterocycles. The fourth-order valence-electron chi connectivity index (χ4n) is 8.69. The molecule has 2 heterocycles. The van der Waals surface area contributed by atoms with Gasteiger partial charge in [0.1, 0.15) is 22.2 Å².